The minimum Gasteiger partial charge on any atom is -0.493 e. The zero-order chi connectivity index (χ0) is 30.9. The Morgan fingerprint density at radius 1 is 1.00 bits per heavy atom. The van der Waals surface area contributed by atoms with E-state index < -0.39 is 29.3 Å². The summed E-state index contributed by atoms with van der Waals surface area (Å²) < 4.78 is 22.1. The first-order chi connectivity index (χ1) is 20.0. The maximum Gasteiger partial charge on any atom is 0.248 e. The van der Waals surface area contributed by atoms with Crippen molar-refractivity contribution in [3.8, 4) is 17.2 Å². The number of hydrogen-bond acceptors (Lipinski definition) is 8. The first kappa shape index (κ1) is 32.0. The minimum absolute atomic E-state index is 0.165. The molecular formula is C31H40N4O7. The number of nitrogens with zero attached hydrogens (tertiary/aromatic N) is 2. The van der Waals surface area contributed by atoms with Crippen molar-refractivity contribution >= 4 is 29.2 Å². The van der Waals surface area contributed by atoms with Crippen LogP contribution in [0.2, 0.25) is 0 Å². The Hall–Kier alpha value is -4.54. The van der Waals surface area contributed by atoms with Crippen molar-refractivity contribution in [2.75, 3.05) is 31.0 Å². The maximum atomic E-state index is 14.2. The number of anilines is 2. The lowest BCUT2D eigenvalue weighted by Gasteiger charge is -2.36. The van der Waals surface area contributed by atoms with Gasteiger partial charge in [0.05, 0.1) is 26.5 Å². The average molecular weight is 581 g/mol. The molecular weight excluding hydrogens is 540 g/mol. The van der Waals surface area contributed by atoms with Crippen LogP contribution in [0.25, 0.3) is 0 Å². The number of para-hydroxylation sites is 3. The van der Waals surface area contributed by atoms with Crippen molar-refractivity contribution in [3.63, 3.8) is 0 Å². The first-order valence-electron chi connectivity index (χ1n) is 13.8. The lowest BCUT2D eigenvalue weighted by molar-refractivity contribution is -0.128. The highest BCUT2D eigenvalue weighted by Gasteiger charge is 2.38. The van der Waals surface area contributed by atoms with Gasteiger partial charge in [-0.1, -0.05) is 36.3 Å². The normalized spacial score (nSPS) is 11.8. The first-order valence-corrected chi connectivity index (χ1v) is 13.8. The van der Waals surface area contributed by atoms with Crippen molar-refractivity contribution in [2.45, 2.75) is 65.5 Å². The summed E-state index contributed by atoms with van der Waals surface area (Å²) in [5.74, 6) is 0.561. The van der Waals surface area contributed by atoms with Gasteiger partial charge < -0.3 is 29.4 Å². The molecule has 11 heteroatoms. The molecule has 1 heterocycles. The lowest BCUT2D eigenvalue weighted by atomic mass is 9.97. The van der Waals surface area contributed by atoms with Crippen LogP contribution < -0.4 is 29.7 Å². The molecule has 0 spiro atoms. The van der Waals surface area contributed by atoms with Crippen LogP contribution in [0.1, 0.15) is 64.3 Å². The highest BCUT2D eigenvalue weighted by molar-refractivity contribution is 6.04. The van der Waals surface area contributed by atoms with Gasteiger partial charge in [-0.15, -0.1) is 0 Å². The SMILES string of the molecule is CCOc1ccccc1N(C(=O)CCC(=O)Nc1cc(C)on1)[C@@H](C(=O)NC(C)(C)CC)c1cccc(OC)c1OC. The molecule has 2 N–H and O–H groups in total. The molecule has 3 rings (SSSR count). The standard InChI is InChI=1S/C31H40N4O7/c1-8-31(4,5)33-30(38)28(21-13-12-16-24(39-6)29(21)40-7)35(22-14-10-11-15-23(22)41-9-2)27(37)18-17-26(36)32-25-19-20(3)42-34-25/h10-16,19,28H,8-9,17-18H2,1-7H3,(H,33,38)(H,32,34,36)/t28-/m1/s1. The Labute approximate surface area is 246 Å². The number of methoxy groups -OCH3 is 2. The second kappa shape index (κ2) is 14.4. The summed E-state index contributed by atoms with van der Waals surface area (Å²) in [6.45, 7) is 9.64. The molecule has 0 unspecified atom stereocenters. The Balaban J connectivity index is 2.13. The minimum atomic E-state index is -1.20. The molecule has 42 heavy (non-hydrogen) atoms. The molecule has 0 aliphatic heterocycles. The van der Waals surface area contributed by atoms with E-state index in [2.05, 4.69) is 15.8 Å². The number of hydrogen-bond donors (Lipinski definition) is 2. The van der Waals surface area contributed by atoms with E-state index in [1.807, 2.05) is 27.7 Å². The molecule has 11 nitrogen and oxygen atoms in total. The van der Waals surface area contributed by atoms with Gasteiger partial charge in [-0.25, -0.2) is 0 Å². The predicted molar refractivity (Wildman–Crippen MR) is 159 cm³/mol. The van der Waals surface area contributed by atoms with Gasteiger partial charge in [-0.3, -0.25) is 19.3 Å². The molecule has 226 valence electrons. The molecule has 0 aliphatic rings. The number of aromatic nitrogens is 1. The van der Waals surface area contributed by atoms with Gasteiger partial charge in [0.1, 0.15) is 17.6 Å². The van der Waals surface area contributed by atoms with Crippen molar-refractivity contribution in [1.29, 1.82) is 0 Å². The Morgan fingerprint density at radius 2 is 1.71 bits per heavy atom. The van der Waals surface area contributed by atoms with E-state index in [0.717, 1.165) is 0 Å². The van der Waals surface area contributed by atoms with Crippen LogP contribution in [0, 0.1) is 6.92 Å². The lowest BCUT2D eigenvalue weighted by Crippen LogP contribution is -2.50. The summed E-state index contributed by atoms with van der Waals surface area (Å²) in [4.78, 5) is 42.5. The third-order valence-electron chi connectivity index (χ3n) is 6.73. The van der Waals surface area contributed by atoms with E-state index in [1.54, 1.807) is 55.5 Å². The van der Waals surface area contributed by atoms with Gasteiger partial charge in [0.25, 0.3) is 0 Å². The van der Waals surface area contributed by atoms with Crippen LogP contribution in [0.4, 0.5) is 11.5 Å². The monoisotopic (exact) mass is 580 g/mol. The van der Waals surface area contributed by atoms with E-state index in [4.69, 9.17) is 18.7 Å². The van der Waals surface area contributed by atoms with Crippen LogP contribution in [-0.4, -0.2) is 49.2 Å². The third kappa shape index (κ3) is 7.80. The Kier molecular flexibility index (Phi) is 11.0. The third-order valence-corrected chi connectivity index (χ3v) is 6.73. The molecule has 2 aromatic carbocycles. The number of ether oxygens (including phenoxy) is 3. The fourth-order valence-corrected chi connectivity index (χ4v) is 4.34. The van der Waals surface area contributed by atoms with E-state index in [1.165, 1.54) is 19.1 Å². The molecule has 0 radical (unpaired) electrons. The van der Waals surface area contributed by atoms with E-state index in [-0.39, 0.29) is 18.7 Å². The number of nitrogens with one attached hydrogen (secondary N) is 2. The summed E-state index contributed by atoms with van der Waals surface area (Å²) in [5.41, 5.74) is 0.199. The molecule has 0 fully saturated rings. The van der Waals surface area contributed by atoms with Crippen molar-refractivity contribution in [2.24, 2.45) is 0 Å². The van der Waals surface area contributed by atoms with Crippen molar-refractivity contribution in [1.82, 2.24) is 10.5 Å². The second-order valence-corrected chi connectivity index (χ2v) is 10.2. The van der Waals surface area contributed by atoms with Crippen LogP contribution in [0.15, 0.2) is 53.1 Å². The van der Waals surface area contributed by atoms with Crippen LogP contribution >= 0.6 is 0 Å². The fourth-order valence-electron chi connectivity index (χ4n) is 4.34. The highest BCUT2D eigenvalue weighted by atomic mass is 16.5. The van der Waals surface area contributed by atoms with Crippen LogP contribution in [0.3, 0.4) is 0 Å². The van der Waals surface area contributed by atoms with Crippen LogP contribution in [0.5, 0.6) is 17.2 Å². The maximum absolute atomic E-state index is 14.2. The summed E-state index contributed by atoms with van der Waals surface area (Å²) in [6, 6.07) is 12.5. The number of rotatable bonds is 14. The molecule has 0 bridgehead atoms. The summed E-state index contributed by atoms with van der Waals surface area (Å²) in [6.07, 6.45) is 0.268. The largest absolute Gasteiger partial charge is 0.493 e. The number of carbonyl (C=O) groups excluding carboxylic acids is 3. The number of amides is 3. The molecule has 0 saturated heterocycles. The van der Waals surface area contributed by atoms with Gasteiger partial charge in [-0.2, -0.15) is 0 Å². The van der Waals surface area contributed by atoms with E-state index >= 15 is 0 Å². The van der Waals surface area contributed by atoms with Gasteiger partial charge >= 0.3 is 0 Å². The van der Waals surface area contributed by atoms with Gasteiger partial charge in [0.15, 0.2) is 17.3 Å². The molecule has 3 amide bonds. The zero-order valence-electron chi connectivity index (χ0n) is 25.3. The van der Waals surface area contributed by atoms with E-state index in [0.29, 0.717) is 47.3 Å². The molecule has 0 aliphatic carbocycles. The van der Waals surface area contributed by atoms with Crippen LogP contribution in [-0.2, 0) is 14.4 Å². The molecule has 3 aromatic rings. The summed E-state index contributed by atoms with van der Waals surface area (Å²) in [7, 11) is 2.97. The topological polar surface area (TPSA) is 132 Å². The molecule has 0 saturated carbocycles. The number of benzene rings is 2. The van der Waals surface area contributed by atoms with Gasteiger partial charge in [-0.05, 0) is 52.3 Å². The smallest absolute Gasteiger partial charge is 0.248 e. The Morgan fingerprint density at radius 3 is 2.33 bits per heavy atom. The molecule has 1 atom stereocenters. The van der Waals surface area contributed by atoms with Gasteiger partial charge in [0, 0.05) is 30.0 Å². The summed E-state index contributed by atoms with van der Waals surface area (Å²) >= 11 is 0. The van der Waals surface area contributed by atoms with E-state index in [9.17, 15) is 14.4 Å². The Bertz CT molecular complexity index is 1390. The zero-order valence-corrected chi connectivity index (χ0v) is 25.3. The average Bonchev–Trinajstić information content (AvgIpc) is 3.38. The molecule has 1 aromatic heterocycles. The summed E-state index contributed by atoms with van der Waals surface area (Å²) in [5, 5.41) is 9.48. The second-order valence-electron chi connectivity index (χ2n) is 10.2. The number of aryl methyl sites for hydroxylation is 1. The highest BCUT2D eigenvalue weighted by Crippen LogP contribution is 2.42. The fraction of sp³-hybridized carbons (Fsp3) is 0.419. The quantitative estimate of drug-likeness (QED) is 0.266. The van der Waals surface area contributed by atoms with Gasteiger partial charge in [0.2, 0.25) is 17.7 Å². The number of carbonyl (C=O) groups is 3. The van der Waals surface area contributed by atoms with Crippen molar-refractivity contribution in [3.05, 3.63) is 59.9 Å². The van der Waals surface area contributed by atoms with Crippen molar-refractivity contribution < 1.29 is 33.1 Å². The predicted octanol–water partition coefficient (Wildman–Crippen LogP) is 5.20.